The van der Waals surface area contributed by atoms with Crippen molar-refractivity contribution in [3.8, 4) is 0 Å². The second-order valence-electron chi connectivity index (χ2n) is 4.36. The van der Waals surface area contributed by atoms with Gasteiger partial charge in [-0.25, -0.2) is 4.57 Å². The predicted octanol–water partition coefficient (Wildman–Crippen LogP) is 1.22. The molecule has 0 aromatic carbocycles. The summed E-state index contributed by atoms with van der Waals surface area (Å²) >= 11 is 0. The quantitative estimate of drug-likeness (QED) is 0.719. The first-order valence-corrected chi connectivity index (χ1v) is 6.85. The van der Waals surface area contributed by atoms with Crippen LogP contribution in [0.2, 0.25) is 0 Å². The van der Waals surface area contributed by atoms with Crippen molar-refractivity contribution in [3.05, 3.63) is 0 Å². The summed E-state index contributed by atoms with van der Waals surface area (Å²) in [6.45, 7) is 6.48. The zero-order chi connectivity index (χ0) is 11.5. The Morgan fingerprint density at radius 2 is 1.93 bits per heavy atom. The summed E-state index contributed by atoms with van der Waals surface area (Å²) in [4.78, 5) is 19.5. The Hall–Kier alpha value is 0.0700. The molecule has 0 amide bonds. The lowest BCUT2D eigenvalue weighted by Crippen LogP contribution is -2.39. The minimum absolute atomic E-state index is 0.177. The fourth-order valence-corrected chi connectivity index (χ4v) is 2.24. The topological polar surface area (TPSA) is 70.0 Å². The molecule has 5 nitrogen and oxygen atoms in total. The molecule has 1 aliphatic heterocycles. The molecule has 0 radical (unpaired) electrons. The van der Waals surface area contributed by atoms with Crippen LogP contribution in [0.25, 0.3) is 0 Å². The van der Waals surface area contributed by atoms with Crippen LogP contribution in [0.5, 0.6) is 0 Å². The van der Waals surface area contributed by atoms with Gasteiger partial charge < -0.3 is 14.7 Å². The largest absolute Gasteiger partial charge is 0.469 e. The molecule has 0 spiro atoms. The third kappa shape index (κ3) is 5.09. The molecular weight excluding hydrogens is 217 g/mol. The van der Waals surface area contributed by atoms with Gasteiger partial charge in [0.05, 0.1) is 6.61 Å². The minimum atomic E-state index is -4.28. The number of rotatable bonds is 4. The summed E-state index contributed by atoms with van der Waals surface area (Å²) < 4.78 is 15.0. The molecule has 1 fully saturated rings. The summed E-state index contributed by atoms with van der Waals surface area (Å²) in [5.41, 5.74) is 0. The Kier molecular flexibility index (Phi) is 4.74. The third-order valence-corrected chi connectivity index (χ3v) is 3.34. The lowest BCUT2D eigenvalue weighted by atomic mass is 9.97. The molecule has 0 saturated carbocycles. The van der Waals surface area contributed by atoms with Crippen LogP contribution < -0.4 is 0 Å². The van der Waals surface area contributed by atoms with Crippen LogP contribution in [-0.4, -0.2) is 40.4 Å². The van der Waals surface area contributed by atoms with Crippen molar-refractivity contribution in [1.29, 1.82) is 0 Å². The number of hydrogen-bond acceptors (Lipinski definition) is 3. The van der Waals surface area contributed by atoms with E-state index in [0.717, 1.165) is 25.9 Å². The van der Waals surface area contributed by atoms with Crippen LogP contribution in [0.15, 0.2) is 0 Å². The van der Waals surface area contributed by atoms with E-state index in [9.17, 15) is 4.57 Å². The molecule has 0 bridgehead atoms. The van der Waals surface area contributed by atoms with E-state index >= 15 is 0 Å². The zero-order valence-electron chi connectivity index (χ0n) is 9.30. The van der Waals surface area contributed by atoms with Crippen LogP contribution in [0.3, 0.4) is 0 Å². The van der Waals surface area contributed by atoms with Crippen molar-refractivity contribution < 1.29 is 18.9 Å². The number of phosphoric acid groups is 1. The van der Waals surface area contributed by atoms with E-state index in [1.165, 1.54) is 0 Å². The molecule has 0 unspecified atom stereocenters. The summed E-state index contributed by atoms with van der Waals surface area (Å²) in [5, 5.41) is 0. The number of likely N-dealkylation sites (tertiary alicyclic amines) is 1. The summed E-state index contributed by atoms with van der Waals surface area (Å²) in [6.07, 6.45) is 1.91. The first-order chi connectivity index (χ1) is 6.88. The van der Waals surface area contributed by atoms with Gasteiger partial charge in [-0.15, -0.1) is 0 Å². The predicted molar refractivity (Wildman–Crippen MR) is 57.4 cm³/mol. The molecule has 1 rings (SSSR count). The Bertz CT molecular complexity index is 232. The Labute approximate surface area is 90.7 Å². The highest BCUT2D eigenvalue weighted by atomic mass is 31.2. The van der Waals surface area contributed by atoms with Gasteiger partial charge in [-0.2, -0.15) is 0 Å². The smallest absolute Gasteiger partial charge is 0.303 e. The van der Waals surface area contributed by atoms with E-state index in [-0.39, 0.29) is 12.5 Å². The molecule has 1 heterocycles. The normalized spacial score (nSPS) is 21.1. The van der Waals surface area contributed by atoms with Crippen molar-refractivity contribution in [2.45, 2.75) is 32.7 Å². The van der Waals surface area contributed by atoms with Gasteiger partial charge in [0, 0.05) is 6.04 Å². The van der Waals surface area contributed by atoms with Crippen LogP contribution in [0, 0.1) is 5.92 Å². The van der Waals surface area contributed by atoms with Crippen molar-refractivity contribution >= 4 is 7.82 Å². The van der Waals surface area contributed by atoms with Crippen LogP contribution >= 0.6 is 7.82 Å². The second kappa shape index (κ2) is 5.41. The van der Waals surface area contributed by atoms with Crippen molar-refractivity contribution in [1.82, 2.24) is 4.90 Å². The number of hydrogen-bond donors (Lipinski definition) is 2. The van der Waals surface area contributed by atoms with Gasteiger partial charge in [0.25, 0.3) is 0 Å². The van der Waals surface area contributed by atoms with Gasteiger partial charge in [0.15, 0.2) is 0 Å². The maximum atomic E-state index is 10.5. The lowest BCUT2D eigenvalue weighted by molar-refractivity contribution is 0.102. The molecule has 90 valence electrons. The molecular formula is C9H20NO4P. The van der Waals surface area contributed by atoms with Gasteiger partial charge in [-0.1, -0.05) is 0 Å². The van der Waals surface area contributed by atoms with E-state index in [0.29, 0.717) is 6.04 Å². The van der Waals surface area contributed by atoms with Gasteiger partial charge in [0.1, 0.15) is 0 Å². The van der Waals surface area contributed by atoms with E-state index in [1.807, 2.05) is 0 Å². The molecule has 1 saturated heterocycles. The standard InChI is InChI=1S/C9H20NO4P/c1-8(2)10-5-3-9(4-6-10)7-14-15(11,12)13/h8-9H,3-7H2,1-2H3,(H2,11,12,13). The minimum Gasteiger partial charge on any atom is -0.303 e. The Morgan fingerprint density at radius 1 is 1.40 bits per heavy atom. The van der Waals surface area contributed by atoms with E-state index in [1.54, 1.807) is 0 Å². The van der Waals surface area contributed by atoms with E-state index < -0.39 is 7.82 Å². The van der Waals surface area contributed by atoms with Crippen molar-refractivity contribution in [2.75, 3.05) is 19.7 Å². The van der Waals surface area contributed by atoms with Crippen molar-refractivity contribution in [2.24, 2.45) is 5.92 Å². The highest BCUT2D eigenvalue weighted by Crippen LogP contribution is 2.37. The third-order valence-electron chi connectivity index (χ3n) is 2.86. The zero-order valence-corrected chi connectivity index (χ0v) is 10.2. The molecule has 0 aromatic heterocycles. The highest BCUT2D eigenvalue weighted by Gasteiger charge is 2.23. The van der Waals surface area contributed by atoms with Gasteiger partial charge >= 0.3 is 7.82 Å². The van der Waals surface area contributed by atoms with Crippen LogP contribution in [0.4, 0.5) is 0 Å². The fourth-order valence-electron chi connectivity index (χ4n) is 1.84. The first-order valence-electron chi connectivity index (χ1n) is 5.32. The first kappa shape index (κ1) is 13.1. The van der Waals surface area contributed by atoms with Gasteiger partial charge in [0.2, 0.25) is 0 Å². The fraction of sp³-hybridized carbons (Fsp3) is 1.00. The highest BCUT2D eigenvalue weighted by molar-refractivity contribution is 7.46. The van der Waals surface area contributed by atoms with Crippen LogP contribution in [-0.2, 0) is 9.09 Å². The molecule has 0 atom stereocenters. The lowest BCUT2D eigenvalue weighted by Gasteiger charge is -2.34. The number of nitrogens with zero attached hydrogens (tertiary/aromatic N) is 1. The second-order valence-corrected chi connectivity index (χ2v) is 5.60. The van der Waals surface area contributed by atoms with Gasteiger partial charge in [-0.05, 0) is 45.7 Å². The van der Waals surface area contributed by atoms with Crippen molar-refractivity contribution in [3.63, 3.8) is 0 Å². The monoisotopic (exact) mass is 237 g/mol. The average molecular weight is 237 g/mol. The summed E-state index contributed by atoms with van der Waals surface area (Å²) in [6, 6.07) is 0.550. The molecule has 1 aliphatic rings. The van der Waals surface area contributed by atoms with E-state index in [2.05, 4.69) is 23.3 Å². The molecule has 0 aliphatic carbocycles. The van der Waals surface area contributed by atoms with Gasteiger partial charge in [-0.3, -0.25) is 4.52 Å². The molecule has 6 heteroatoms. The Morgan fingerprint density at radius 3 is 2.33 bits per heavy atom. The number of piperidine rings is 1. The molecule has 2 N–H and O–H groups in total. The molecule has 0 aromatic rings. The summed E-state index contributed by atoms with van der Waals surface area (Å²) in [5.74, 6) is 0.285. The SMILES string of the molecule is CC(C)N1CCC(COP(=O)(O)O)CC1. The summed E-state index contributed by atoms with van der Waals surface area (Å²) in [7, 11) is -4.28. The maximum Gasteiger partial charge on any atom is 0.469 e. The number of phosphoric ester groups is 1. The van der Waals surface area contributed by atoms with Crippen LogP contribution in [0.1, 0.15) is 26.7 Å². The van der Waals surface area contributed by atoms with E-state index in [4.69, 9.17) is 9.79 Å². The maximum absolute atomic E-state index is 10.5. The Balaban J connectivity index is 2.23. The average Bonchev–Trinajstić information content (AvgIpc) is 2.14. The molecule has 15 heavy (non-hydrogen) atoms.